The van der Waals surface area contributed by atoms with Gasteiger partial charge in [-0.15, -0.1) is 11.3 Å². The van der Waals surface area contributed by atoms with Crippen LogP contribution in [0.3, 0.4) is 0 Å². The van der Waals surface area contributed by atoms with Gasteiger partial charge in [-0.25, -0.2) is 9.97 Å². The van der Waals surface area contributed by atoms with Crippen LogP contribution in [0.1, 0.15) is 11.3 Å². The molecule has 1 aromatic carbocycles. The fourth-order valence-corrected chi connectivity index (χ4v) is 4.43. The maximum absolute atomic E-state index is 12.7. The van der Waals surface area contributed by atoms with Gasteiger partial charge in [-0.3, -0.25) is 9.69 Å². The van der Waals surface area contributed by atoms with Crippen molar-refractivity contribution in [2.75, 3.05) is 38.3 Å². The van der Waals surface area contributed by atoms with Crippen molar-refractivity contribution in [3.63, 3.8) is 0 Å². The van der Waals surface area contributed by atoms with Crippen LogP contribution in [0.2, 0.25) is 0 Å². The van der Waals surface area contributed by atoms with E-state index in [2.05, 4.69) is 26.3 Å². The molecule has 0 saturated carbocycles. The molecule has 160 valence electrons. The van der Waals surface area contributed by atoms with Crippen LogP contribution < -0.4 is 14.8 Å². The largest absolute Gasteiger partial charge is 0.454 e. The second-order valence-electron chi connectivity index (χ2n) is 7.51. The van der Waals surface area contributed by atoms with Crippen molar-refractivity contribution in [1.29, 1.82) is 0 Å². The van der Waals surface area contributed by atoms with E-state index in [-0.39, 0.29) is 5.91 Å². The lowest BCUT2D eigenvalue weighted by Crippen LogP contribution is -2.48. The number of ether oxygens (including phenoxy) is 2. The molecule has 0 aliphatic carbocycles. The number of thiazole rings is 1. The Kier molecular flexibility index (Phi) is 5.68. The predicted octanol–water partition coefficient (Wildman–Crippen LogP) is 2.90. The van der Waals surface area contributed by atoms with Crippen LogP contribution in [0.25, 0.3) is 0 Å². The fourth-order valence-electron chi connectivity index (χ4n) is 3.71. The first-order valence-electron chi connectivity index (χ1n) is 10.2. The molecule has 8 nitrogen and oxygen atoms in total. The fraction of sp³-hybridized carbons (Fsp3) is 0.318. The van der Waals surface area contributed by atoms with E-state index >= 15 is 0 Å². The molecule has 0 spiro atoms. The van der Waals surface area contributed by atoms with Crippen molar-refractivity contribution in [2.24, 2.45) is 0 Å². The van der Waals surface area contributed by atoms with Crippen LogP contribution in [0.4, 0.5) is 10.9 Å². The van der Waals surface area contributed by atoms with E-state index in [4.69, 9.17) is 9.47 Å². The zero-order valence-corrected chi connectivity index (χ0v) is 17.8. The van der Waals surface area contributed by atoms with E-state index in [1.54, 1.807) is 6.20 Å². The summed E-state index contributed by atoms with van der Waals surface area (Å²) in [6.07, 6.45) is 2.05. The highest BCUT2D eigenvalue weighted by atomic mass is 32.1. The van der Waals surface area contributed by atoms with Crippen LogP contribution in [0, 0.1) is 0 Å². The number of anilines is 2. The van der Waals surface area contributed by atoms with Crippen LogP contribution in [-0.4, -0.2) is 58.6 Å². The molecular formula is C22H23N5O3S. The first kappa shape index (κ1) is 19.8. The topological polar surface area (TPSA) is 79.8 Å². The lowest BCUT2D eigenvalue weighted by molar-refractivity contribution is -0.132. The standard InChI is InChI=1S/C22H23N5O3S/c28-21(12-17-14-31-22(24-17)25-20-3-1-2-6-23-20)27-9-7-26(8-10-27)13-16-4-5-18-19(11-16)30-15-29-18/h1-6,11,14H,7-10,12-13,15H2,(H,23,24,25). The summed E-state index contributed by atoms with van der Waals surface area (Å²) >= 11 is 1.48. The van der Waals surface area contributed by atoms with E-state index in [0.717, 1.165) is 60.9 Å². The SMILES string of the molecule is O=C(Cc1csc(Nc2ccccn2)n1)N1CCN(Cc2ccc3c(c2)OCO3)CC1. The molecule has 0 unspecified atom stereocenters. The Hall–Kier alpha value is -3.17. The van der Waals surface area contributed by atoms with E-state index in [1.807, 2.05) is 40.6 Å². The van der Waals surface area contributed by atoms with Gasteiger partial charge < -0.3 is 19.7 Å². The molecular weight excluding hydrogens is 414 g/mol. The monoisotopic (exact) mass is 437 g/mol. The third-order valence-electron chi connectivity index (χ3n) is 5.35. The smallest absolute Gasteiger partial charge is 0.231 e. The highest BCUT2D eigenvalue weighted by Crippen LogP contribution is 2.32. The molecule has 2 aliphatic heterocycles. The molecule has 1 fully saturated rings. The van der Waals surface area contributed by atoms with Crippen LogP contribution >= 0.6 is 11.3 Å². The molecule has 0 radical (unpaired) electrons. The van der Waals surface area contributed by atoms with Gasteiger partial charge >= 0.3 is 0 Å². The van der Waals surface area contributed by atoms with Crippen molar-refractivity contribution in [1.82, 2.24) is 19.8 Å². The number of aromatic nitrogens is 2. The zero-order valence-electron chi connectivity index (χ0n) is 17.0. The number of benzene rings is 1. The number of pyridine rings is 1. The summed E-state index contributed by atoms with van der Waals surface area (Å²) in [5, 5.41) is 5.84. The number of fused-ring (bicyclic) bond motifs is 1. The number of amides is 1. The van der Waals surface area contributed by atoms with Crippen molar-refractivity contribution in [2.45, 2.75) is 13.0 Å². The van der Waals surface area contributed by atoms with Crippen molar-refractivity contribution in [3.05, 3.63) is 59.2 Å². The minimum absolute atomic E-state index is 0.123. The van der Waals surface area contributed by atoms with Crippen LogP contribution in [-0.2, 0) is 17.8 Å². The molecule has 1 N–H and O–H groups in total. The maximum atomic E-state index is 12.7. The average Bonchev–Trinajstić information content (AvgIpc) is 3.44. The summed E-state index contributed by atoms with van der Waals surface area (Å²) in [4.78, 5) is 25.8. The predicted molar refractivity (Wildman–Crippen MR) is 118 cm³/mol. The van der Waals surface area contributed by atoms with Crippen molar-refractivity contribution in [3.8, 4) is 11.5 Å². The Balaban J connectivity index is 1.10. The van der Waals surface area contributed by atoms with Gasteiger partial charge in [0.15, 0.2) is 16.6 Å². The zero-order chi connectivity index (χ0) is 21.0. The van der Waals surface area contributed by atoms with Crippen LogP contribution in [0.5, 0.6) is 11.5 Å². The van der Waals surface area contributed by atoms with Gasteiger partial charge in [-0.05, 0) is 29.8 Å². The van der Waals surface area contributed by atoms with Crippen molar-refractivity contribution < 1.29 is 14.3 Å². The second kappa shape index (κ2) is 8.91. The minimum atomic E-state index is 0.123. The molecule has 0 bridgehead atoms. The number of hydrogen-bond donors (Lipinski definition) is 1. The number of nitrogens with one attached hydrogen (secondary N) is 1. The molecule has 2 aromatic heterocycles. The lowest BCUT2D eigenvalue weighted by atomic mass is 10.1. The van der Waals surface area contributed by atoms with Crippen LogP contribution in [0.15, 0.2) is 48.0 Å². The van der Waals surface area contributed by atoms with Gasteiger partial charge in [0.2, 0.25) is 12.7 Å². The summed E-state index contributed by atoms with van der Waals surface area (Å²) in [5.74, 6) is 2.48. The third-order valence-corrected chi connectivity index (χ3v) is 6.16. The van der Waals surface area contributed by atoms with Gasteiger partial charge in [-0.1, -0.05) is 12.1 Å². The number of piperazine rings is 1. The third kappa shape index (κ3) is 4.78. The Bertz CT molecular complexity index is 1050. The number of nitrogens with zero attached hydrogens (tertiary/aromatic N) is 4. The number of carbonyl (C=O) groups excluding carboxylic acids is 1. The Morgan fingerprint density at radius 3 is 2.81 bits per heavy atom. The summed E-state index contributed by atoms with van der Waals surface area (Å²) in [6, 6.07) is 11.7. The van der Waals surface area contributed by atoms with Crippen molar-refractivity contribution >= 4 is 28.2 Å². The van der Waals surface area contributed by atoms with Gasteiger partial charge in [-0.2, -0.15) is 0 Å². The average molecular weight is 438 g/mol. The molecule has 1 saturated heterocycles. The van der Waals surface area contributed by atoms with E-state index in [1.165, 1.54) is 16.9 Å². The first-order valence-corrected chi connectivity index (χ1v) is 11.1. The van der Waals surface area contributed by atoms with Gasteiger partial charge in [0.25, 0.3) is 0 Å². The Labute approximate surface area is 184 Å². The second-order valence-corrected chi connectivity index (χ2v) is 8.36. The number of hydrogen-bond acceptors (Lipinski definition) is 8. The number of rotatable bonds is 6. The van der Waals surface area contributed by atoms with E-state index in [9.17, 15) is 4.79 Å². The molecule has 4 heterocycles. The van der Waals surface area contributed by atoms with Gasteiger partial charge in [0, 0.05) is 44.3 Å². The first-order chi connectivity index (χ1) is 15.2. The molecule has 5 rings (SSSR count). The van der Waals surface area contributed by atoms with Gasteiger partial charge in [0.05, 0.1) is 12.1 Å². The summed E-state index contributed by atoms with van der Waals surface area (Å²) in [6.45, 7) is 4.29. The summed E-state index contributed by atoms with van der Waals surface area (Å²) in [5.41, 5.74) is 1.98. The quantitative estimate of drug-likeness (QED) is 0.635. The summed E-state index contributed by atoms with van der Waals surface area (Å²) < 4.78 is 10.8. The van der Waals surface area contributed by atoms with E-state index in [0.29, 0.717) is 13.2 Å². The molecule has 3 aromatic rings. The lowest BCUT2D eigenvalue weighted by Gasteiger charge is -2.34. The number of carbonyl (C=O) groups is 1. The highest BCUT2D eigenvalue weighted by molar-refractivity contribution is 7.13. The van der Waals surface area contributed by atoms with E-state index < -0.39 is 0 Å². The Morgan fingerprint density at radius 2 is 1.97 bits per heavy atom. The normalized spacial score (nSPS) is 15.8. The molecule has 9 heteroatoms. The van der Waals surface area contributed by atoms with Gasteiger partial charge in [0.1, 0.15) is 5.82 Å². The Morgan fingerprint density at radius 1 is 1.10 bits per heavy atom. The molecule has 1 amide bonds. The molecule has 0 atom stereocenters. The minimum Gasteiger partial charge on any atom is -0.454 e. The summed E-state index contributed by atoms with van der Waals surface area (Å²) in [7, 11) is 0. The highest BCUT2D eigenvalue weighted by Gasteiger charge is 2.22. The molecule has 2 aliphatic rings. The maximum Gasteiger partial charge on any atom is 0.231 e. The molecule has 31 heavy (non-hydrogen) atoms.